The van der Waals surface area contributed by atoms with E-state index in [1.807, 2.05) is 19.2 Å². The van der Waals surface area contributed by atoms with Crippen LogP contribution in [0.5, 0.6) is 0 Å². The van der Waals surface area contributed by atoms with Gasteiger partial charge in [0, 0.05) is 23.4 Å². The molecule has 0 saturated heterocycles. The average Bonchev–Trinajstić information content (AvgIpc) is 2.46. The minimum absolute atomic E-state index is 0.264. The van der Waals surface area contributed by atoms with Crippen LogP contribution >= 0.6 is 11.8 Å². The molecule has 0 amide bonds. The molecule has 1 aromatic heterocycles. The molecule has 0 bridgehead atoms. The maximum absolute atomic E-state index is 11.4. The van der Waals surface area contributed by atoms with E-state index >= 15 is 0 Å². The molecule has 0 spiro atoms. The van der Waals surface area contributed by atoms with Crippen LogP contribution in [-0.2, 0) is 9.84 Å². The van der Waals surface area contributed by atoms with Crippen molar-refractivity contribution in [1.29, 1.82) is 0 Å². The van der Waals surface area contributed by atoms with Crippen LogP contribution < -0.4 is 5.32 Å². The van der Waals surface area contributed by atoms with Gasteiger partial charge in [0.05, 0.1) is 4.90 Å². The molecule has 0 aliphatic heterocycles. The van der Waals surface area contributed by atoms with Gasteiger partial charge in [-0.25, -0.2) is 13.4 Å². The molecule has 1 heterocycles. The molecule has 2 aromatic rings. The van der Waals surface area contributed by atoms with Gasteiger partial charge in [-0.3, -0.25) is 0 Å². The predicted molar refractivity (Wildman–Crippen MR) is 85.4 cm³/mol. The summed E-state index contributed by atoms with van der Waals surface area (Å²) in [5, 5.41) is 4.08. The Bertz CT molecular complexity index is 713. The largest absolute Gasteiger partial charge is 0.313 e. The number of nitrogens with one attached hydrogen (secondary N) is 1. The van der Waals surface area contributed by atoms with Gasteiger partial charge in [-0.15, -0.1) is 0 Å². The van der Waals surface area contributed by atoms with E-state index in [1.54, 1.807) is 30.5 Å². The van der Waals surface area contributed by atoms with Gasteiger partial charge < -0.3 is 5.32 Å². The summed E-state index contributed by atoms with van der Waals surface area (Å²) in [6, 6.07) is 11.1. The molecule has 2 rings (SSSR count). The van der Waals surface area contributed by atoms with Crippen molar-refractivity contribution in [3.63, 3.8) is 0 Å². The fourth-order valence-electron chi connectivity index (χ4n) is 1.79. The van der Waals surface area contributed by atoms with Gasteiger partial charge in [0.15, 0.2) is 9.84 Å². The van der Waals surface area contributed by atoms with Gasteiger partial charge in [0.1, 0.15) is 5.03 Å². The molecule has 1 unspecified atom stereocenters. The number of nitrogens with zero attached hydrogens (tertiary/aromatic N) is 1. The van der Waals surface area contributed by atoms with E-state index in [0.29, 0.717) is 4.90 Å². The number of pyridine rings is 1. The summed E-state index contributed by atoms with van der Waals surface area (Å²) in [4.78, 5) is 5.63. The number of hydrogen-bond donors (Lipinski definition) is 1. The van der Waals surface area contributed by atoms with Crippen molar-refractivity contribution in [2.24, 2.45) is 0 Å². The van der Waals surface area contributed by atoms with Crippen LogP contribution in [-0.4, -0.2) is 26.7 Å². The van der Waals surface area contributed by atoms with E-state index in [4.69, 9.17) is 0 Å². The molecule has 6 heteroatoms. The quantitative estimate of drug-likeness (QED) is 0.917. The number of rotatable bonds is 5. The third kappa shape index (κ3) is 4.30. The summed E-state index contributed by atoms with van der Waals surface area (Å²) in [5.41, 5.74) is 1.17. The standard InChI is InChI=1S/C15H18N2O2S2/c1-11(16-2)12-8-9-17-15(10-12)20-13-4-6-14(7-5-13)21(3,18)19/h4-11,16H,1-3H3. The summed E-state index contributed by atoms with van der Waals surface area (Å²) in [6.45, 7) is 2.09. The second kappa shape index (κ2) is 6.60. The van der Waals surface area contributed by atoms with Crippen LogP contribution in [0.2, 0.25) is 0 Å². The Labute approximate surface area is 129 Å². The molecule has 1 atom stereocenters. The molecular formula is C15H18N2O2S2. The fourth-order valence-corrected chi connectivity index (χ4v) is 3.24. The first-order valence-corrected chi connectivity index (χ1v) is 9.22. The maximum Gasteiger partial charge on any atom is 0.175 e. The second-order valence-electron chi connectivity index (χ2n) is 4.78. The number of aromatic nitrogens is 1. The Hall–Kier alpha value is -1.37. The molecule has 0 saturated carbocycles. The third-order valence-corrected chi connectivity index (χ3v) is 5.23. The van der Waals surface area contributed by atoms with Crippen LogP contribution in [0.25, 0.3) is 0 Å². The third-order valence-electron chi connectivity index (χ3n) is 3.17. The molecular weight excluding hydrogens is 304 g/mol. The Morgan fingerprint density at radius 2 is 1.86 bits per heavy atom. The zero-order valence-corrected chi connectivity index (χ0v) is 13.8. The van der Waals surface area contributed by atoms with Crippen molar-refractivity contribution in [2.45, 2.75) is 27.8 Å². The number of sulfone groups is 1. The molecule has 21 heavy (non-hydrogen) atoms. The second-order valence-corrected chi connectivity index (χ2v) is 7.89. The zero-order chi connectivity index (χ0) is 15.5. The summed E-state index contributed by atoms with van der Waals surface area (Å²) in [7, 11) is -1.23. The highest BCUT2D eigenvalue weighted by molar-refractivity contribution is 7.99. The first-order valence-electron chi connectivity index (χ1n) is 6.51. The van der Waals surface area contributed by atoms with Crippen molar-refractivity contribution in [1.82, 2.24) is 10.3 Å². The van der Waals surface area contributed by atoms with Gasteiger partial charge in [-0.05, 0) is 55.9 Å². The highest BCUT2D eigenvalue weighted by atomic mass is 32.2. The average molecular weight is 322 g/mol. The maximum atomic E-state index is 11.4. The lowest BCUT2D eigenvalue weighted by Crippen LogP contribution is -2.12. The van der Waals surface area contributed by atoms with Crippen molar-refractivity contribution in [3.05, 3.63) is 48.2 Å². The van der Waals surface area contributed by atoms with E-state index in [2.05, 4.69) is 17.2 Å². The van der Waals surface area contributed by atoms with E-state index in [-0.39, 0.29) is 6.04 Å². The van der Waals surface area contributed by atoms with Crippen LogP contribution in [0.1, 0.15) is 18.5 Å². The van der Waals surface area contributed by atoms with Crippen molar-refractivity contribution < 1.29 is 8.42 Å². The van der Waals surface area contributed by atoms with E-state index in [0.717, 1.165) is 9.92 Å². The lowest BCUT2D eigenvalue weighted by Gasteiger charge is -2.11. The highest BCUT2D eigenvalue weighted by Crippen LogP contribution is 2.28. The smallest absolute Gasteiger partial charge is 0.175 e. The molecule has 0 fully saturated rings. The van der Waals surface area contributed by atoms with Gasteiger partial charge >= 0.3 is 0 Å². The molecule has 0 radical (unpaired) electrons. The van der Waals surface area contributed by atoms with E-state index in [9.17, 15) is 8.42 Å². The Kier molecular flexibility index (Phi) is 5.03. The minimum Gasteiger partial charge on any atom is -0.313 e. The summed E-state index contributed by atoms with van der Waals surface area (Å²) < 4.78 is 22.9. The monoisotopic (exact) mass is 322 g/mol. The SMILES string of the molecule is CNC(C)c1ccnc(Sc2ccc(S(C)(=O)=O)cc2)c1. The topological polar surface area (TPSA) is 59.1 Å². The van der Waals surface area contributed by atoms with Crippen molar-refractivity contribution in [2.75, 3.05) is 13.3 Å². The van der Waals surface area contributed by atoms with Gasteiger partial charge in [-0.1, -0.05) is 11.8 Å². The van der Waals surface area contributed by atoms with E-state index in [1.165, 1.54) is 23.6 Å². The zero-order valence-electron chi connectivity index (χ0n) is 12.2. The molecule has 0 aliphatic rings. The minimum atomic E-state index is -3.15. The molecule has 1 aromatic carbocycles. The lowest BCUT2D eigenvalue weighted by molar-refractivity contribution is 0.602. The van der Waals surface area contributed by atoms with Crippen molar-refractivity contribution >= 4 is 21.6 Å². The lowest BCUT2D eigenvalue weighted by atomic mass is 10.1. The number of benzene rings is 1. The van der Waals surface area contributed by atoms with Crippen LogP contribution in [0, 0.1) is 0 Å². The summed E-state index contributed by atoms with van der Waals surface area (Å²) in [5.74, 6) is 0. The van der Waals surface area contributed by atoms with Gasteiger partial charge in [-0.2, -0.15) is 0 Å². The Morgan fingerprint density at radius 3 is 2.43 bits per heavy atom. The summed E-state index contributed by atoms with van der Waals surface area (Å²) in [6.07, 6.45) is 3.00. The molecule has 4 nitrogen and oxygen atoms in total. The summed E-state index contributed by atoms with van der Waals surface area (Å²) >= 11 is 1.52. The Balaban J connectivity index is 2.19. The number of hydrogen-bond acceptors (Lipinski definition) is 5. The van der Waals surface area contributed by atoms with Crippen LogP contribution in [0.15, 0.2) is 57.4 Å². The van der Waals surface area contributed by atoms with Gasteiger partial charge in [0.25, 0.3) is 0 Å². The highest BCUT2D eigenvalue weighted by Gasteiger charge is 2.08. The normalized spacial score (nSPS) is 13.1. The first-order chi connectivity index (χ1) is 9.90. The van der Waals surface area contributed by atoms with E-state index < -0.39 is 9.84 Å². The van der Waals surface area contributed by atoms with Crippen molar-refractivity contribution in [3.8, 4) is 0 Å². The molecule has 1 N–H and O–H groups in total. The Morgan fingerprint density at radius 1 is 1.19 bits per heavy atom. The fraction of sp³-hybridized carbons (Fsp3) is 0.267. The molecule has 112 valence electrons. The predicted octanol–water partition coefficient (Wildman–Crippen LogP) is 2.92. The first kappa shape index (κ1) is 16.0. The van der Waals surface area contributed by atoms with Gasteiger partial charge in [0.2, 0.25) is 0 Å². The van der Waals surface area contributed by atoms with Crippen LogP contribution in [0.4, 0.5) is 0 Å². The van der Waals surface area contributed by atoms with Crippen LogP contribution in [0.3, 0.4) is 0 Å². The molecule has 0 aliphatic carbocycles.